The van der Waals surface area contributed by atoms with Crippen molar-refractivity contribution in [2.24, 2.45) is 5.92 Å². The number of pyridine rings is 2. The zero-order valence-corrected chi connectivity index (χ0v) is 14.8. The summed E-state index contributed by atoms with van der Waals surface area (Å²) in [5.74, 6) is 0.838. The highest BCUT2D eigenvalue weighted by Gasteiger charge is 2.29. The highest BCUT2D eigenvalue weighted by Crippen LogP contribution is 2.27. The van der Waals surface area contributed by atoms with Crippen molar-refractivity contribution >= 4 is 16.8 Å². The molecule has 132 valence electrons. The molecule has 1 aromatic carbocycles. The Kier molecular flexibility index (Phi) is 4.52. The van der Waals surface area contributed by atoms with Gasteiger partial charge in [-0.3, -0.25) is 9.78 Å². The summed E-state index contributed by atoms with van der Waals surface area (Å²) in [6.07, 6.45) is 5.47. The molecule has 1 aliphatic rings. The van der Waals surface area contributed by atoms with E-state index < -0.39 is 0 Å². The van der Waals surface area contributed by atoms with Crippen molar-refractivity contribution in [3.63, 3.8) is 0 Å². The van der Waals surface area contributed by atoms with Crippen LogP contribution in [-0.2, 0) is 6.42 Å². The first-order valence-electron chi connectivity index (χ1n) is 8.87. The largest absolute Gasteiger partial charge is 0.480 e. The zero-order valence-electron chi connectivity index (χ0n) is 14.8. The molecule has 0 aliphatic carbocycles. The minimum absolute atomic E-state index is 0.00274. The van der Waals surface area contributed by atoms with Crippen molar-refractivity contribution in [3.05, 3.63) is 66.0 Å². The Bertz CT molecular complexity index is 936. The molecule has 0 spiro atoms. The van der Waals surface area contributed by atoms with Gasteiger partial charge in [0, 0.05) is 30.9 Å². The van der Waals surface area contributed by atoms with Gasteiger partial charge in [0.15, 0.2) is 0 Å². The topological polar surface area (TPSA) is 55.3 Å². The number of carbonyl (C=O) groups is 1. The van der Waals surface area contributed by atoms with Gasteiger partial charge in [0.2, 0.25) is 5.88 Å². The maximum Gasteiger partial charge on any atom is 0.259 e. The Morgan fingerprint density at radius 2 is 2.04 bits per heavy atom. The molecule has 0 N–H and O–H groups in total. The lowest BCUT2D eigenvalue weighted by atomic mass is 9.96. The molecule has 3 aromatic rings. The van der Waals surface area contributed by atoms with Crippen LogP contribution >= 0.6 is 0 Å². The van der Waals surface area contributed by atoms with Gasteiger partial charge in [-0.15, -0.1) is 0 Å². The van der Waals surface area contributed by atoms with E-state index in [9.17, 15) is 4.79 Å². The van der Waals surface area contributed by atoms with Crippen LogP contribution < -0.4 is 4.74 Å². The lowest BCUT2D eigenvalue weighted by Gasteiger charge is -2.18. The lowest BCUT2D eigenvalue weighted by Crippen LogP contribution is -2.29. The van der Waals surface area contributed by atoms with Crippen LogP contribution in [0, 0.1) is 5.92 Å². The molecule has 5 nitrogen and oxygen atoms in total. The fraction of sp³-hybridized carbons (Fsp3) is 0.286. The average Bonchev–Trinajstić information content (AvgIpc) is 3.16. The third kappa shape index (κ3) is 3.12. The molecular formula is C21H21N3O2. The highest BCUT2D eigenvalue weighted by atomic mass is 16.5. The van der Waals surface area contributed by atoms with Crippen molar-refractivity contribution in [3.8, 4) is 5.88 Å². The number of hydrogen-bond acceptors (Lipinski definition) is 4. The predicted octanol–water partition coefficient (Wildman–Crippen LogP) is 3.34. The second-order valence-corrected chi connectivity index (χ2v) is 6.66. The molecule has 4 rings (SSSR count). The van der Waals surface area contributed by atoms with E-state index in [4.69, 9.17) is 4.74 Å². The molecule has 0 saturated carbocycles. The Morgan fingerprint density at radius 1 is 1.15 bits per heavy atom. The number of aromatic nitrogens is 2. The Labute approximate surface area is 152 Å². The summed E-state index contributed by atoms with van der Waals surface area (Å²) in [7, 11) is 1.54. The molecular weight excluding hydrogens is 326 g/mol. The number of para-hydroxylation sites is 1. The number of hydrogen-bond donors (Lipinski definition) is 0. The van der Waals surface area contributed by atoms with Crippen LogP contribution in [0.15, 0.2) is 54.9 Å². The molecule has 1 fully saturated rings. The van der Waals surface area contributed by atoms with Crippen molar-refractivity contribution in [2.75, 3.05) is 20.2 Å². The molecule has 2 aromatic heterocycles. The fourth-order valence-electron chi connectivity index (χ4n) is 3.71. The van der Waals surface area contributed by atoms with Gasteiger partial charge in [0.25, 0.3) is 5.91 Å². The second-order valence-electron chi connectivity index (χ2n) is 6.66. The molecule has 26 heavy (non-hydrogen) atoms. The van der Waals surface area contributed by atoms with E-state index in [1.165, 1.54) is 10.9 Å². The van der Waals surface area contributed by atoms with E-state index in [1.807, 2.05) is 29.3 Å². The molecule has 0 bridgehead atoms. The summed E-state index contributed by atoms with van der Waals surface area (Å²) >= 11 is 0. The summed E-state index contributed by atoms with van der Waals surface area (Å²) in [6, 6.07) is 13.9. The third-order valence-corrected chi connectivity index (χ3v) is 5.02. The SMILES string of the molecule is COc1ncccc1C(=O)N1CCC(Cc2ccnc3ccccc23)C1. The van der Waals surface area contributed by atoms with Gasteiger partial charge in [-0.05, 0) is 48.6 Å². The summed E-state index contributed by atoms with van der Waals surface area (Å²) < 4.78 is 5.23. The number of likely N-dealkylation sites (tertiary alicyclic amines) is 1. The molecule has 1 saturated heterocycles. The van der Waals surface area contributed by atoms with E-state index in [0.29, 0.717) is 17.4 Å². The third-order valence-electron chi connectivity index (χ3n) is 5.02. The summed E-state index contributed by atoms with van der Waals surface area (Å²) in [6.45, 7) is 1.53. The van der Waals surface area contributed by atoms with Crippen molar-refractivity contribution in [2.45, 2.75) is 12.8 Å². The van der Waals surface area contributed by atoms with Gasteiger partial charge >= 0.3 is 0 Å². The number of ether oxygens (including phenoxy) is 1. The van der Waals surface area contributed by atoms with E-state index in [0.717, 1.165) is 31.4 Å². The molecule has 0 radical (unpaired) electrons. The van der Waals surface area contributed by atoms with Crippen molar-refractivity contribution in [1.82, 2.24) is 14.9 Å². The van der Waals surface area contributed by atoms with Gasteiger partial charge in [-0.1, -0.05) is 18.2 Å². The standard InChI is InChI=1S/C21H21N3O2/c1-26-20-18(6-4-10-23-20)21(25)24-12-9-15(14-24)13-16-8-11-22-19-7-3-2-5-17(16)19/h2-8,10-11,15H,9,12-14H2,1H3. The Hall–Kier alpha value is -2.95. The number of carbonyl (C=O) groups excluding carboxylic acids is 1. The molecule has 3 heterocycles. The molecule has 1 amide bonds. The van der Waals surface area contributed by atoms with Gasteiger partial charge in [0.05, 0.1) is 12.6 Å². The molecule has 1 unspecified atom stereocenters. The first-order valence-corrected chi connectivity index (χ1v) is 8.87. The van der Waals surface area contributed by atoms with Crippen LogP contribution in [0.25, 0.3) is 10.9 Å². The molecule has 1 aliphatic heterocycles. The van der Waals surface area contributed by atoms with Gasteiger partial charge in [-0.25, -0.2) is 4.98 Å². The smallest absolute Gasteiger partial charge is 0.259 e. The van der Waals surface area contributed by atoms with Crippen LogP contribution in [0.1, 0.15) is 22.3 Å². The van der Waals surface area contributed by atoms with Crippen LogP contribution in [0.3, 0.4) is 0 Å². The van der Waals surface area contributed by atoms with Crippen LogP contribution in [0.2, 0.25) is 0 Å². The fourth-order valence-corrected chi connectivity index (χ4v) is 3.71. The number of amides is 1. The highest BCUT2D eigenvalue weighted by molar-refractivity contribution is 5.96. The predicted molar refractivity (Wildman–Crippen MR) is 100 cm³/mol. The van der Waals surface area contributed by atoms with Crippen LogP contribution in [0.4, 0.5) is 0 Å². The van der Waals surface area contributed by atoms with E-state index in [2.05, 4.69) is 22.1 Å². The number of benzene rings is 1. The Morgan fingerprint density at radius 3 is 2.92 bits per heavy atom. The van der Waals surface area contributed by atoms with Gasteiger partial charge in [0.1, 0.15) is 5.56 Å². The minimum Gasteiger partial charge on any atom is -0.480 e. The molecule has 1 atom stereocenters. The number of rotatable bonds is 4. The Balaban J connectivity index is 1.49. The van der Waals surface area contributed by atoms with Crippen LogP contribution in [-0.4, -0.2) is 41.0 Å². The summed E-state index contributed by atoms with van der Waals surface area (Å²) in [5, 5.41) is 1.20. The maximum absolute atomic E-state index is 12.8. The second kappa shape index (κ2) is 7.12. The number of nitrogens with zero attached hydrogens (tertiary/aromatic N) is 3. The maximum atomic E-state index is 12.8. The van der Waals surface area contributed by atoms with E-state index >= 15 is 0 Å². The summed E-state index contributed by atoms with van der Waals surface area (Å²) in [5.41, 5.74) is 2.86. The minimum atomic E-state index is -0.00274. The first-order chi connectivity index (χ1) is 12.8. The lowest BCUT2D eigenvalue weighted by molar-refractivity contribution is 0.0783. The summed E-state index contributed by atoms with van der Waals surface area (Å²) in [4.78, 5) is 23.3. The molecule has 5 heteroatoms. The van der Waals surface area contributed by atoms with Crippen LogP contribution in [0.5, 0.6) is 5.88 Å². The monoisotopic (exact) mass is 347 g/mol. The van der Waals surface area contributed by atoms with E-state index in [-0.39, 0.29) is 5.91 Å². The number of methoxy groups -OCH3 is 1. The zero-order chi connectivity index (χ0) is 17.9. The van der Waals surface area contributed by atoms with E-state index in [1.54, 1.807) is 25.4 Å². The van der Waals surface area contributed by atoms with Gasteiger partial charge in [-0.2, -0.15) is 0 Å². The van der Waals surface area contributed by atoms with Gasteiger partial charge < -0.3 is 9.64 Å². The van der Waals surface area contributed by atoms with Crippen molar-refractivity contribution < 1.29 is 9.53 Å². The quantitative estimate of drug-likeness (QED) is 0.726. The average molecular weight is 347 g/mol. The number of fused-ring (bicyclic) bond motifs is 1. The normalized spacial score (nSPS) is 16.8. The first kappa shape index (κ1) is 16.5. The van der Waals surface area contributed by atoms with Crippen molar-refractivity contribution in [1.29, 1.82) is 0 Å².